The van der Waals surface area contributed by atoms with Gasteiger partial charge < -0.3 is 14.6 Å². The molecule has 0 spiro atoms. The third kappa shape index (κ3) is 4.24. The third-order valence-electron chi connectivity index (χ3n) is 2.61. The van der Waals surface area contributed by atoms with E-state index in [4.69, 9.17) is 14.6 Å². The van der Waals surface area contributed by atoms with Gasteiger partial charge in [-0.15, -0.1) is 11.3 Å². The van der Waals surface area contributed by atoms with Crippen LogP contribution in [0.25, 0.3) is 0 Å². The first-order valence-electron chi connectivity index (χ1n) is 6.09. The maximum atomic E-state index is 10.5. The van der Waals surface area contributed by atoms with Crippen molar-refractivity contribution in [2.45, 2.75) is 19.4 Å². The highest BCUT2D eigenvalue weighted by Crippen LogP contribution is 2.20. The van der Waals surface area contributed by atoms with Gasteiger partial charge in [-0.05, 0) is 30.7 Å². The van der Waals surface area contributed by atoms with Gasteiger partial charge in [0.1, 0.15) is 23.1 Å². The second-order valence-corrected chi connectivity index (χ2v) is 5.28. The van der Waals surface area contributed by atoms with Crippen molar-refractivity contribution in [3.05, 3.63) is 40.3 Å². The van der Waals surface area contributed by atoms with Gasteiger partial charge in [-0.1, -0.05) is 0 Å². The Kier molecular flexibility index (Phi) is 4.95. The molecule has 1 aromatic carbocycles. The second kappa shape index (κ2) is 6.91. The first kappa shape index (κ1) is 14.3. The molecule has 0 aliphatic carbocycles. The fourth-order valence-corrected chi connectivity index (χ4v) is 2.41. The van der Waals surface area contributed by atoms with Crippen molar-refractivity contribution in [2.24, 2.45) is 0 Å². The summed E-state index contributed by atoms with van der Waals surface area (Å²) >= 11 is 1.48. The van der Waals surface area contributed by atoms with Gasteiger partial charge in [0.15, 0.2) is 0 Å². The highest BCUT2D eigenvalue weighted by atomic mass is 32.1. The Morgan fingerprint density at radius 3 is 2.65 bits per heavy atom. The molecule has 2 rings (SSSR count). The molecule has 0 saturated heterocycles. The largest absolute Gasteiger partial charge is 0.497 e. The highest BCUT2D eigenvalue weighted by Gasteiger charge is 2.05. The van der Waals surface area contributed by atoms with Crippen molar-refractivity contribution in [3.8, 4) is 11.5 Å². The molecule has 0 aliphatic rings. The van der Waals surface area contributed by atoms with Crippen molar-refractivity contribution in [1.82, 2.24) is 4.98 Å². The predicted octanol–water partition coefficient (Wildman–Crippen LogP) is 2.75. The zero-order valence-electron chi connectivity index (χ0n) is 11.0. The standard InChI is InChI=1S/C14H15NO4S/c1-18-10-2-4-11(5-3-10)19-9-13-15-8-12(20-13)6-7-14(16)17/h2-5,8H,6-7,9H2,1H3,(H,16,17). The minimum Gasteiger partial charge on any atom is -0.497 e. The number of rotatable bonds is 7. The summed E-state index contributed by atoms with van der Waals surface area (Å²) in [7, 11) is 1.62. The maximum Gasteiger partial charge on any atom is 0.303 e. The zero-order valence-corrected chi connectivity index (χ0v) is 11.9. The Bertz CT molecular complexity index is 565. The number of hydrogen-bond donors (Lipinski definition) is 1. The van der Waals surface area contributed by atoms with Crippen LogP contribution in [0.5, 0.6) is 11.5 Å². The summed E-state index contributed by atoms with van der Waals surface area (Å²) < 4.78 is 10.7. The molecule has 0 unspecified atom stereocenters. The van der Waals surface area contributed by atoms with E-state index in [-0.39, 0.29) is 6.42 Å². The molecule has 0 radical (unpaired) electrons. The van der Waals surface area contributed by atoms with E-state index < -0.39 is 5.97 Å². The van der Waals surface area contributed by atoms with Crippen molar-refractivity contribution in [2.75, 3.05) is 7.11 Å². The smallest absolute Gasteiger partial charge is 0.303 e. The molecule has 0 amide bonds. The maximum absolute atomic E-state index is 10.5. The van der Waals surface area contributed by atoms with Crippen molar-refractivity contribution < 1.29 is 19.4 Å². The average Bonchev–Trinajstić information content (AvgIpc) is 2.91. The van der Waals surface area contributed by atoms with Crippen LogP contribution in [0, 0.1) is 0 Å². The van der Waals surface area contributed by atoms with Crippen molar-refractivity contribution in [3.63, 3.8) is 0 Å². The topological polar surface area (TPSA) is 68.7 Å². The van der Waals surface area contributed by atoms with Crippen molar-refractivity contribution >= 4 is 17.3 Å². The fourth-order valence-electron chi connectivity index (χ4n) is 1.58. The summed E-state index contributed by atoms with van der Waals surface area (Å²) in [6.07, 6.45) is 2.34. The lowest BCUT2D eigenvalue weighted by molar-refractivity contribution is -0.136. The molecule has 1 heterocycles. The van der Waals surface area contributed by atoms with Crippen LogP contribution in [0.2, 0.25) is 0 Å². The molecule has 0 saturated carbocycles. The van der Waals surface area contributed by atoms with Gasteiger partial charge in [0, 0.05) is 11.1 Å². The van der Waals surface area contributed by atoms with Crippen LogP contribution in [0.1, 0.15) is 16.3 Å². The van der Waals surface area contributed by atoms with Gasteiger partial charge >= 0.3 is 5.97 Å². The molecule has 2 aromatic rings. The van der Waals surface area contributed by atoms with Crippen LogP contribution in [0.4, 0.5) is 0 Å². The van der Waals surface area contributed by atoms with Crippen LogP contribution in [0.3, 0.4) is 0 Å². The number of carboxylic acids is 1. The number of ether oxygens (including phenoxy) is 2. The molecule has 106 valence electrons. The number of carbonyl (C=O) groups is 1. The van der Waals surface area contributed by atoms with Crippen LogP contribution < -0.4 is 9.47 Å². The van der Waals surface area contributed by atoms with Crippen LogP contribution >= 0.6 is 11.3 Å². The van der Waals surface area contributed by atoms with Gasteiger partial charge in [-0.25, -0.2) is 4.98 Å². The Morgan fingerprint density at radius 2 is 2.00 bits per heavy atom. The van der Waals surface area contributed by atoms with Crippen LogP contribution in [-0.4, -0.2) is 23.2 Å². The number of benzene rings is 1. The summed E-state index contributed by atoms with van der Waals surface area (Å²) in [5.74, 6) is 0.727. The molecule has 0 aliphatic heterocycles. The summed E-state index contributed by atoms with van der Waals surface area (Å²) in [5.41, 5.74) is 0. The SMILES string of the molecule is COc1ccc(OCc2ncc(CCC(=O)O)s2)cc1. The van der Waals surface area contributed by atoms with E-state index in [1.807, 2.05) is 24.3 Å². The minimum atomic E-state index is -0.797. The predicted molar refractivity (Wildman–Crippen MR) is 75.4 cm³/mol. The van der Waals surface area contributed by atoms with E-state index in [1.165, 1.54) is 11.3 Å². The number of aryl methyl sites for hydroxylation is 1. The lowest BCUT2D eigenvalue weighted by atomic mass is 10.3. The number of nitrogens with zero attached hydrogens (tertiary/aromatic N) is 1. The van der Waals surface area contributed by atoms with E-state index in [2.05, 4.69) is 4.98 Å². The molecule has 5 nitrogen and oxygen atoms in total. The first-order chi connectivity index (χ1) is 9.67. The lowest BCUT2D eigenvalue weighted by Gasteiger charge is -2.04. The number of carboxylic acid groups (broad SMARTS) is 1. The molecule has 0 fully saturated rings. The molecule has 1 aromatic heterocycles. The Hall–Kier alpha value is -2.08. The van der Waals surface area contributed by atoms with E-state index >= 15 is 0 Å². The fraction of sp³-hybridized carbons (Fsp3) is 0.286. The minimum absolute atomic E-state index is 0.126. The zero-order chi connectivity index (χ0) is 14.4. The average molecular weight is 293 g/mol. The van der Waals surface area contributed by atoms with E-state index in [0.29, 0.717) is 13.0 Å². The molecular weight excluding hydrogens is 278 g/mol. The summed E-state index contributed by atoms with van der Waals surface area (Å²) in [4.78, 5) is 15.7. The first-order valence-corrected chi connectivity index (χ1v) is 6.91. The highest BCUT2D eigenvalue weighted by molar-refractivity contribution is 7.11. The second-order valence-electron chi connectivity index (χ2n) is 4.08. The van der Waals surface area contributed by atoms with Gasteiger partial charge in [-0.3, -0.25) is 4.79 Å². The van der Waals surface area contributed by atoms with Crippen molar-refractivity contribution in [1.29, 1.82) is 0 Å². The van der Waals surface area contributed by atoms with Crippen LogP contribution in [0.15, 0.2) is 30.5 Å². The molecule has 20 heavy (non-hydrogen) atoms. The Morgan fingerprint density at radius 1 is 1.30 bits per heavy atom. The Labute approximate surface area is 120 Å². The number of methoxy groups -OCH3 is 1. The number of aliphatic carboxylic acids is 1. The van der Waals surface area contributed by atoms with Gasteiger partial charge in [0.2, 0.25) is 0 Å². The molecular formula is C14H15NO4S. The van der Waals surface area contributed by atoms with E-state index in [0.717, 1.165) is 21.4 Å². The number of aromatic nitrogens is 1. The summed E-state index contributed by atoms with van der Waals surface area (Å²) in [6, 6.07) is 7.32. The molecule has 6 heteroatoms. The summed E-state index contributed by atoms with van der Waals surface area (Å²) in [6.45, 7) is 0.379. The van der Waals surface area contributed by atoms with E-state index in [9.17, 15) is 4.79 Å². The quantitative estimate of drug-likeness (QED) is 0.850. The van der Waals surface area contributed by atoms with Gasteiger partial charge in [0.05, 0.1) is 13.5 Å². The molecule has 0 atom stereocenters. The van der Waals surface area contributed by atoms with E-state index in [1.54, 1.807) is 13.3 Å². The number of hydrogen-bond acceptors (Lipinski definition) is 5. The lowest BCUT2D eigenvalue weighted by Crippen LogP contribution is -1.95. The molecule has 1 N–H and O–H groups in total. The summed E-state index contributed by atoms with van der Waals surface area (Å²) in [5, 5.41) is 9.46. The van der Waals surface area contributed by atoms with Crippen LogP contribution in [-0.2, 0) is 17.8 Å². The number of thiazole rings is 1. The molecule has 0 bridgehead atoms. The Balaban J connectivity index is 1.85. The monoisotopic (exact) mass is 293 g/mol. The van der Waals surface area contributed by atoms with Gasteiger partial charge in [0.25, 0.3) is 0 Å². The normalized spacial score (nSPS) is 10.2. The third-order valence-corrected chi connectivity index (χ3v) is 3.64. The van der Waals surface area contributed by atoms with Gasteiger partial charge in [-0.2, -0.15) is 0 Å².